The zero-order valence-corrected chi connectivity index (χ0v) is 34.3. The number of allylic oxidation sites excluding steroid dienone is 2. The van der Waals surface area contributed by atoms with Gasteiger partial charge in [-0.3, -0.25) is 37.3 Å². The van der Waals surface area contributed by atoms with Crippen LogP contribution in [0.1, 0.15) is 46.8 Å². The Hall–Kier alpha value is -3.03. The number of ketones is 1. The van der Waals surface area contributed by atoms with Crippen molar-refractivity contribution in [1.82, 2.24) is 30.2 Å². The number of phosphoric ester groups is 3. The second-order valence-electron chi connectivity index (χ2n) is 13.2. The predicted molar refractivity (Wildman–Crippen MR) is 196 cm³/mol. The molecule has 0 spiro atoms. The maximum absolute atomic E-state index is 12.7. The Kier molecular flexibility index (Phi) is 17.2. The van der Waals surface area contributed by atoms with Crippen LogP contribution in [0.3, 0.4) is 0 Å². The van der Waals surface area contributed by atoms with Crippen LogP contribution >= 0.6 is 35.2 Å². The molecule has 0 saturated carbocycles. The first-order valence-electron chi connectivity index (χ1n) is 16.5. The Labute approximate surface area is 328 Å². The number of aromatic nitrogens is 4. The van der Waals surface area contributed by atoms with Gasteiger partial charge in [0.25, 0.3) is 0 Å². The smallest absolute Gasteiger partial charge is 0.386 e. The standard InChI is InChI=1S/C28H44N7O18P3S/c1-15(2)9-16(36)10-19(38)57-8-7-30-18(37)5-6-31-26(41)23(40)28(3,4)12-50-56(47,48)53-55(45,46)49-11-17-22(52-54(42,43)44)21(39)27(51-17)35-14-34-20-24(29)32-13-33-25(20)35/h9,13-14,17,21-23,27,39-40H,5-8,10-12H2,1-4H3,(H,30,37)(H,31,41)(H,45,46)(H,47,48)(H2,29,32,33)(H2,42,43,44)/t17-,21-,22-,23?,27-/m1/s1. The highest BCUT2D eigenvalue weighted by molar-refractivity contribution is 8.13. The lowest BCUT2D eigenvalue weighted by Gasteiger charge is -2.30. The van der Waals surface area contributed by atoms with Gasteiger partial charge in [-0.1, -0.05) is 31.2 Å². The second kappa shape index (κ2) is 20.3. The molecular weight excluding hydrogens is 847 g/mol. The Morgan fingerprint density at radius 1 is 1.05 bits per heavy atom. The van der Waals surface area contributed by atoms with Gasteiger partial charge in [-0.25, -0.2) is 28.6 Å². The van der Waals surface area contributed by atoms with Crippen molar-refractivity contribution in [3.63, 3.8) is 0 Å². The zero-order chi connectivity index (χ0) is 42.9. The van der Waals surface area contributed by atoms with E-state index >= 15 is 0 Å². The van der Waals surface area contributed by atoms with Crippen LogP contribution in [0.4, 0.5) is 5.82 Å². The number of aliphatic hydroxyl groups is 2. The summed E-state index contributed by atoms with van der Waals surface area (Å²) in [6, 6.07) is 0. The number of thioether (sulfide) groups is 1. The molecular formula is C28H44N7O18P3S. The number of nitrogens with zero attached hydrogens (tertiary/aromatic N) is 4. The minimum atomic E-state index is -5.58. The molecule has 3 rings (SSSR count). The van der Waals surface area contributed by atoms with Crippen molar-refractivity contribution >= 4 is 74.9 Å². The number of carbonyl (C=O) groups is 4. The zero-order valence-electron chi connectivity index (χ0n) is 30.8. The maximum atomic E-state index is 12.7. The predicted octanol–water partition coefficient (Wildman–Crippen LogP) is -0.410. The lowest BCUT2D eigenvalue weighted by atomic mass is 9.87. The summed E-state index contributed by atoms with van der Waals surface area (Å²) >= 11 is 0.876. The van der Waals surface area contributed by atoms with Crippen LogP contribution in [-0.2, 0) is 55.5 Å². The number of phosphoric acid groups is 3. The van der Waals surface area contributed by atoms with Crippen molar-refractivity contribution in [3.05, 3.63) is 24.3 Å². The number of hydrogen-bond donors (Lipinski definition) is 9. The monoisotopic (exact) mass is 891 g/mol. The van der Waals surface area contributed by atoms with Crippen molar-refractivity contribution < 1.29 is 85.3 Å². The Morgan fingerprint density at radius 3 is 2.37 bits per heavy atom. The van der Waals surface area contributed by atoms with Gasteiger partial charge in [0.15, 0.2) is 28.6 Å². The number of aliphatic hydroxyl groups excluding tert-OH is 2. The summed E-state index contributed by atoms with van der Waals surface area (Å²) in [6.07, 6.45) is -5.95. The van der Waals surface area contributed by atoms with Crippen LogP contribution in [-0.4, -0.2) is 128 Å². The summed E-state index contributed by atoms with van der Waals surface area (Å²) in [5, 5.41) is 25.9. The second-order valence-corrected chi connectivity index (χ2v) is 18.5. The number of imidazole rings is 1. The first-order valence-corrected chi connectivity index (χ1v) is 22.0. The summed E-state index contributed by atoms with van der Waals surface area (Å²) in [7, 11) is -16.4. The van der Waals surface area contributed by atoms with Crippen molar-refractivity contribution in [1.29, 1.82) is 0 Å². The number of hydrogen-bond acceptors (Lipinski definition) is 19. The third kappa shape index (κ3) is 15.3. The van der Waals surface area contributed by atoms with Gasteiger partial charge < -0.3 is 50.9 Å². The molecule has 1 fully saturated rings. The quantitative estimate of drug-likeness (QED) is 0.0314. The van der Waals surface area contributed by atoms with E-state index in [1.807, 2.05) is 0 Å². The third-order valence-corrected chi connectivity index (χ3v) is 11.5. The highest BCUT2D eigenvalue weighted by atomic mass is 32.2. The number of carbonyl (C=O) groups excluding carboxylic acids is 4. The van der Waals surface area contributed by atoms with E-state index in [2.05, 4.69) is 34.4 Å². The molecule has 57 heavy (non-hydrogen) atoms. The highest BCUT2D eigenvalue weighted by Crippen LogP contribution is 2.61. The van der Waals surface area contributed by atoms with Gasteiger partial charge in [-0.2, -0.15) is 4.31 Å². The van der Waals surface area contributed by atoms with Crippen molar-refractivity contribution in [2.24, 2.45) is 5.41 Å². The topological polar surface area (TPSA) is 381 Å². The molecule has 0 radical (unpaired) electrons. The molecule has 10 N–H and O–H groups in total. The van der Waals surface area contributed by atoms with E-state index < -0.39 is 84.6 Å². The first kappa shape index (κ1) is 48.3. The summed E-state index contributed by atoms with van der Waals surface area (Å²) < 4.78 is 62.0. The molecule has 7 atom stereocenters. The molecule has 0 aliphatic carbocycles. The van der Waals surface area contributed by atoms with Crippen molar-refractivity contribution in [2.45, 2.75) is 71.2 Å². The summed E-state index contributed by atoms with van der Waals surface area (Å²) in [6.45, 7) is 3.73. The van der Waals surface area contributed by atoms with Gasteiger partial charge in [-0.05, 0) is 19.9 Å². The molecule has 1 aliphatic rings. The van der Waals surface area contributed by atoms with E-state index in [0.29, 0.717) is 0 Å². The van der Waals surface area contributed by atoms with Crippen molar-refractivity contribution in [3.8, 4) is 0 Å². The molecule has 0 aromatic carbocycles. The average Bonchev–Trinajstić information content (AvgIpc) is 3.64. The first-order chi connectivity index (χ1) is 26.3. The van der Waals surface area contributed by atoms with E-state index in [4.69, 9.17) is 19.5 Å². The van der Waals surface area contributed by atoms with Gasteiger partial charge in [0.05, 0.1) is 26.0 Å². The van der Waals surface area contributed by atoms with E-state index in [1.165, 1.54) is 19.9 Å². The number of amides is 2. The SMILES string of the molecule is CC(C)=CC(=O)CC(=O)SCCNC(=O)CCNC(=O)C(O)C(C)(C)COP(=O)(O)OP(=O)(O)OC[C@H]1O[C@@H](n2cnc3c(N)ncnc32)[C@H](O)[C@@H]1OP(=O)(O)O. The van der Waals surface area contributed by atoms with Crippen LogP contribution in [0.5, 0.6) is 0 Å². The fourth-order valence-electron chi connectivity index (χ4n) is 4.86. The molecule has 320 valence electrons. The van der Waals surface area contributed by atoms with Crippen LogP contribution < -0.4 is 16.4 Å². The van der Waals surface area contributed by atoms with E-state index in [9.17, 15) is 62.7 Å². The van der Waals surface area contributed by atoms with E-state index in [1.54, 1.807) is 13.8 Å². The number of ether oxygens (including phenoxy) is 1. The van der Waals surface area contributed by atoms with Crippen molar-refractivity contribution in [2.75, 3.05) is 37.8 Å². The van der Waals surface area contributed by atoms with Crippen LogP contribution in [0, 0.1) is 5.41 Å². The third-order valence-electron chi connectivity index (χ3n) is 7.53. The lowest BCUT2D eigenvalue weighted by Crippen LogP contribution is -2.46. The van der Waals surface area contributed by atoms with Gasteiger partial charge >= 0.3 is 23.5 Å². The van der Waals surface area contributed by atoms with E-state index in [-0.39, 0.29) is 59.6 Å². The number of fused-ring (bicyclic) bond motifs is 1. The molecule has 0 bridgehead atoms. The number of anilines is 1. The maximum Gasteiger partial charge on any atom is 0.481 e. The number of nitrogens with one attached hydrogen (secondary N) is 2. The van der Waals surface area contributed by atoms with E-state index in [0.717, 1.165) is 34.6 Å². The highest BCUT2D eigenvalue weighted by Gasteiger charge is 2.50. The Balaban J connectivity index is 1.47. The summed E-state index contributed by atoms with van der Waals surface area (Å²) in [5.41, 5.74) is 4.98. The summed E-state index contributed by atoms with van der Waals surface area (Å²) in [5.74, 6) is -1.68. The van der Waals surface area contributed by atoms with Crippen LogP contribution in [0.15, 0.2) is 24.3 Å². The fraction of sp³-hybridized carbons (Fsp3) is 0.607. The number of nitrogens with two attached hydrogens (primary N) is 1. The molecule has 2 amide bonds. The summed E-state index contributed by atoms with van der Waals surface area (Å²) in [4.78, 5) is 99.0. The van der Waals surface area contributed by atoms with Gasteiger partial charge in [-0.15, -0.1) is 0 Å². The molecule has 3 heterocycles. The van der Waals surface area contributed by atoms with Gasteiger partial charge in [0.2, 0.25) is 11.8 Å². The molecule has 2 aromatic rings. The molecule has 1 aliphatic heterocycles. The minimum Gasteiger partial charge on any atom is -0.386 e. The number of nitrogen functional groups attached to an aromatic ring is 1. The average molecular weight is 892 g/mol. The largest absolute Gasteiger partial charge is 0.481 e. The Bertz CT molecular complexity index is 1960. The number of rotatable bonds is 22. The molecule has 29 heteroatoms. The van der Waals surface area contributed by atoms with Gasteiger partial charge in [0.1, 0.15) is 36.3 Å². The molecule has 25 nitrogen and oxygen atoms in total. The normalized spacial score (nSPS) is 21.3. The minimum absolute atomic E-state index is 0.0232. The molecule has 1 saturated heterocycles. The fourth-order valence-corrected chi connectivity index (χ4v) is 8.37. The van der Waals surface area contributed by atoms with Crippen LogP contribution in [0.25, 0.3) is 11.2 Å². The lowest BCUT2D eigenvalue weighted by molar-refractivity contribution is -0.137. The Morgan fingerprint density at radius 2 is 1.72 bits per heavy atom. The molecule has 2 aromatic heterocycles. The van der Waals surface area contributed by atoms with Gasteiger partial charge in [0, 0.05) is 30.7 Å². The van der Waals surface area contributed by atoms with Crippen LogP contribution in [0.2, 0.25) is 0 Å². The molecule has 3 unspecified atom stereocenters.